The van der Waals surface area contributed by atoms with E-state index in [4.69, 9.17) is 4.98 Å². The normalized spacial score (nSPS) is 13.1. The summed E-state index contributed by atoms with van der Waals surface area (Å²) >= 11 is 0. The second-order valence-corrected chi connectivity index (χ2v) is 13.5. The van der Waals surface area contributed by atoms with Crippen LogP contribution >= 0.6 is 0 Å². The number of hydrogen-bond acceptors (Lipinski definition) is 2. The molecule has 0 aliphatic carbocycles. The fraction of sp³-hybridized carbons (Fsp3) is 0. The minimum atomic E-state index is -2.55. The van der Waals surface area contributed by atoms with Crippen LogP contribution in [0.5, 0.6) is 0 Å². The fourth-order valence-electron chi connectivity index (χ4n) is 6.58. The van der Waals surface area contributed by atoms with Gasteiger partial charge in [-0.3, -0.25) is 0 Å². The van der Waals surface area contributed by atoms with Crippen molar-refractivity contribution in [1.82, 2.24) is 4.98 Å². The van der Waals surface area contributed by atoms with E-state index in [0.717, 1.165) is 28.3 Å². The predicted molar refractivity (Wildman–Crippen MR) is 159 cm³/mol. The van der Waals surface area contributed by atoms with E-state index < -0.39 is 8.07 Å². The van der Waals surface area contributed by atoms with Crippen molar-refractivity contribution in [1.29, 1.82) is 0 Å². The molecule has 3 heterocycles. The second-order valence-electron chi connectivity index (χ2n) is 9.89. The summed E-state index contributed by atoms with van der Waals surface area (Å²) in [6.07, 6.45) is 1.92. The van der Waals surface area contributed by atoms with Crippen LogP contribution in [0.3, 0.4) is 0 Å². The Morgan fingerprint density at radius 1 is 0.538 bits per heavy atom. The van der Waals surface area contributed by atoms with Gasteiger partial charge in [0, 0.05) is 37.7 Å². The third-order valence-electron chi connectivity index (χ3n) is 8.02. The molecule has 0 fully saturated rings. The Hall–Kier alpha value is -4.08. The van der Waals surface area contributed by atoms with E-state index in [1.807, 2.05) is 6.20 Å². The smallest absolute Gasteiger partial charge is 0.128 e. The largest absolute Gasteiger partial charge is 0.352 e. The monoisotopic (exact) mass is 692 g/mol. The van der Waals surface area contributed by atoms with Crippen LogP contribution in [-0.2, 0) is 20.1 Å². The van der Waals surface area contributed by atoms with Gasteiger partial charge >= 0.3 is 0 Å². The molecule has 0 unspecified atom stereocenters. The molecule has 39 heavy (non-hydrogen) atoms. The van der Waals surface area contributed by atoms with Gasteiger partial charge in [0.1, 0.15) is 8.07 Å². The number of rotatable bonds is 3. The third-order valence-corrected chi connectivity index (χ3v) is 12.9. The molecule has 2 aliphatic rings. The first-order chi connectivity index (χ1) is 18.9. The molecule has 2 nitrogen and oxygen atoms in total. The Morgan fingerprint density at radius 2 is 1.08 bits per heavy atom. The fourth-order valence-corrected chi connectivity index (χ4v) is 12.1. The molecule has 0 N–H and O–H groups in total. The van der Waals surface area contributed by atoms with Crippen molar-refractivity contribution in [3.8, 4) is 22.4 Å². The van der Waals surface area contributed by atoms with E-state index in [1.54, 1.807) is 0 Å². The number of benzene rings is 5. The minimum Gasteiger partial charge on any atom is -0.352 e. The maximum absolute atomic E-state index is 4.95. The van der Waals surface area contributed by atoms with Crippen LogP contribution in [0.2, 0.25) is 0 Å². The summed E-state index contributed by atoms with van der Waals surface area (Å²) in [7, 11) is -2.55. The van der Waals surface area contributed by atoms with Gasteiger partial charge in [-0.25, -0.2) is 0 Å². The Bertz CT molecular complexity index is 1730. The number of nitrogens with zero attached hydrogens (tertiary/aromatic N) is 2. The van der Waals surface area contributed by atoms with Crippen molar-refractivity contribution in [2.75, 3.05) is 4.90 Å². The number of hydrogen-bond donors (Lipinski definition) is 0. The molecule has 0 saturated heterocycles. The molecule has 0 bridgehead atoms. The molecular weight excluding hydrogens is 669 g/mol. The van der Waals surface area contributed by atoms with Gasteiger partial charge in [0.2, 0.25) is 0 Å². The molecule has 1 radical (unpaired) electrons. The molecule has 1 aromatic heterocycles. The summed E-state index contributed by atoms with van der Waals surface area (Å²) in [5, 5.41) is 5.64. The molecule has 187 valence electrons. The quantitative estimate of drug-likeness (QED) is 0.175. The van der Waals surface area contributed by atoms with Gasteiger partial charge in [-0.15, -0.1) is 28.9 Å². The van der Waals surface area contributed by atoms with Gasteiger partial charge in [-0.1, -0.05) is 96.2 Å². The number of aromatic nitrogens is 1. The number of pyridine rings is 1. The summed E-state index contributed by atoms with van der Waals surface area (Å²) < 4.78 is 0. The average Bonchev–Trinajstić information content (AvgIpc) is 3.46. The molecule has 2 aliphatic heterocycles. The Labute approximate surface area is 243 Å². The molecule has 0 amide bonds. The van der Waals surface area contributed by atoms with Crippen molar-refractivity contribution >= 4 is 45.9 Å². The summed E-state index contributed by atoms with van der Waals surface area (Å²) in [5.74, 6) is 0. The standard InChI is InChI=1S/C35H23N2Si.Ir/c1-3-12-25(13-4-1)37(26-14-5-2-6-15-26)27-21-22-30-34(24-27)38(33-20-11-23-36-35(30)33)31-18-9-7-16-28(31)29-17-8-10-19-32(29)38;/h1-21,23-24H;/q-1;. The van der Waals surface area contributed by atoms with Gasteiger partial charge in [-0.05, 0) is 63.2 Å². The van der Waals surface area contributed by atoms with E-state index >= 15 is 0 Å². The van der Waals surface area contributed by atoms with Gasteiger partial charge in [0.25, 0.3) is 0 Å². The zero-order chi connectivity index (χ0) is 25.1. The molecule has 0 saturated carbocycles. The van der Waals surface area contributed by atoms with Crippen molar-refractivity contribution in [2.24, 2.45) is 0 Å². The van der Waals surface area contributed by atoms with Gasteiger partial charge in [0.15, 0.2) is 0 Å². The van der Waals surface area contributed by atoms with E-state index in [1.165, 1.54) is 31.9 Å². The van der Waals surface area contributed by atoms with Gasteiger partial charge < -0.3 is 9.88 Å². The van der Waals surface area contributed by atoms with Crippen LogP contribution in [-0.4, -0.2) is 13.1 Å². The molecule has 0 atom stereocenters. The van der Waals surface area contributed by atoms with Crippen molar-refractivity contribution in [3.63, 3.8) is 0 Å². The summed E-state index contributed by atoms with van der Waals surface area (Å²) in [6, 6.07) is 51.9. The predicted octanol–water partition coefficient (Wildman–Crippen LogP) is 5.69. The molecular formula is C35H23IrN2Si-. The van der Waals surface area contributed by atoms with Crippen molar-refractivity contribution in [3.05, 3.63) is 146 Å². The number of fused-ring (bicyclic) bond motifs is 10. The summed E-state index contributed by atoms with van der Waals surface area (Å²) in [4.78, 5) is 7.28. The second kappa shape index (κ2) is 9.28. The topological polar surface area (TPSA) is 16.1 Å². The first kappa shape index (κ1) is 24.0. The first-order valence-electron chi connectivity index (χ1n) is 13.0. The minimum absolute atomic E-state index is 0. The van der Waals surface area contributed by atoms with Crippen LogP contribution in [0, 0.1) is 6.07 Å². The van der Waals surface area contributed by atoms with Crippen LogP contribution in [0.25, 0.3) is 22.4 Å². The van der Waals surface area contributed by atoms with Crippen molar-refractivity contribution in [2.45, 2.75) is 0 Å². The SMILES string of the molecule is [Ir].[c-]1cc(N(c2ccccc2)c2ccccc2)cc2c1-c1ncccc1[Si]21c2ccccc2-c2ccccc21. The van der Waals surface area contributed by atoms with Crippen LogP contribution in [0.4, 0.5) is 17.1 Å². The van der Waals surface area contributed by atoms with E-state index in [-0.39, 0.29) is 20.1 Å². The molecule has 4 heteroatoms. The number of para-hydroxylation sites is 2. The molecule has 1 spiro atoms. The van der Waals surface area contributed by atoms with Crippen LogP contribution < -0.4 is 25.6 Å². The van der Waals surface area contributed by atoms with E-state index in [0.29, 0.717) is 0 Å². The maximum atomic E-state index is 4.95. The van der Waals surface area contributed by atoms with Crippen molar-refractivity contribution < 1.29 is 20.1 Å². The summed E-state index contributed by atoms with van der Waals surface area (Å²) in [6.45, 7) is 0. The maximum Gasteiger partial charge on any atom is 0.128 e. The Balaban J connectivity index is 0.00000253. The first-order valence-corrected chi connectivity index (χ1v) is 15.0. The molecule has 5 aromatic carbocycles. The third kappa shape index (κ3) is 3.33. The van der Waals surface area contributed by atoms with Crippen LogP contribution in [0.15, 0.2) is 140 Å². The Kier molecular flexibility index (Phi) is 5.71. The Morgan fingerprint density at radius 3 is 1.69 bits per heavy atom. The van der Waals surface area contributed by atoms with Gasteiger partial charge in [-0.2, -0.15) is 0 Å². The van der Waals surface area contributed by atoms with E-state index in [9.17, 15) is 0 Å². The zero-order valence-corrected chi connectivity index (χ0v) is 24.4. The zero-order valence-electron chi connectivity index (χ0n) is 21.0. The molecule has 6 aromatic rings. The molecule has 8 rings (SSSR count). The summed E-state index contributed by atoms with van der Waals surface area (Å²) in [5.41, 5.74) is 8.30. The average molecular weight is 692 g/mol. The van der Waals surface area contributed by atoms with E-state index in [2.05, 4.69) is 144 Å². The van der Waals surface area contributed by atoms with Gasteiger partial charge in [0.05, 0.1) is 0 Å². The number of anilines is 3. The van der Waals surface area contributed by atoms with Crippen LogP contribution in [0.1, 0.15) is 0 Å².